The number of nitrogens with zero attached hydrogens (tertiary/aromatic N) is 3. The van der Waals surface area contributed by atoms with Crippen LogP contribution in [0.5, 0.6) is 11.5 Å². The quantitative estimate of drug-likeness (QED) is 0.400. The van der Waals surface area contributed by atoms with E-state index in [9.17, 15) is 4.79 Å². The summed E-state index contributed by atoms with van der Waals surface area (Å²) >= 11 is 1.55. The number of thiazole rings is 1. The van der Waals surface area contributed by atoms with Gasteiger partial charge in [-0.1, -0.05) is 29.4 Å². The molecule has 1 aliphatic heterocycles. The summed E-state index contributed by atoms with van der Waals surface area (Å²) in [6, 6.07) is 11.9. The van der Waals surface area contributed by atoms with Gasteiger partial charge in [-0.05, 0) is 56.2 Å². The van der Waals surface area contributed by atoms with Gasteiger partial charge in [0.2, 0.25) is 11.0 Å². The van der Waals surface area contributed by atoms with Crippen molar-refractivity contribution >= 4 is 33.3 Å². The Hall–Kier alpha value is -3.83. The first-order valence-electron chi connectivity index (χ1n) is 11.1. The highest BCUT2D eigenvalue weighted by molar-refractivity contribution is 7.20. The highest BCUT2D eigenvalue weighted by Gasteiger charge is 2.33. The number of amides is 1. The molecule has 2 aromatic heterocycles. The zero-order valence-electron chi connectivity index (χ0n) is 19.2. The summed E-state index contributed by atoms with van der Waals surface area (Å²) in [4.78, 5) is 17.6. The van der Waals surface area contributed by atoms with Gasteiger partial charge < -0.3 is 14.8 Å². The van der Waals surface area contributed by atoms with E-state index in [4.69, 9.17) is 26.0 Å². The maximum atomic E-state index is 12.8. The van der Waals surface area contributed by atoms with Crippen LogP contribution >= 0.6 is 11.3 Å². The van der Waals surface area contributed by atoms with Gasteiger partial charge in [0.15, 0.2) is 11.5 Å². The highest BCUT2D eigenvalue weighted by Crippen LogP contribution is 2.43. The first-order valence-corrected chi connectivity index (χ1v) is 11.9. The smallest absolute Gasteiger partial charge is 0.226 e. The number of terminal acetylenes is 1. The fraction of sp³-hybridized carbons (Fsp3) is 0.269. The third kappa shape index (κ3) is 3.88. The number of nitrogens with one attached hydrogen (secondary N) is 1. The predicted molar refractivity (Wildman–Crippen MR) is 133 cm³/mol. The number of aromatic nitrogens is 3. The average molecular weight is 473 g/mol. The third-order valence-electron chi connectivity index (χ3n) is 5.80. The number of anilines is 1. The Morgan fingerprint density at radius 2 is 2.06 bits per heavy atom. The van der Waals surface area contributed by atoms with Crippen molar-refractivity contribution in [3.05, 3.63) is 58.8 Å². The van der Waals surface area contributed by atoms with Crippen LogP contribution in [0, 0.1) is 26.2 Å². The minimum absolute atomic E-state index is 0.0683. The van der Waals surface area contributed by atoms with Crippen molar-refractivity contribution in [3.63, 3.8) is 0 Å². The molecule has 0 saturated carbocycles. The van der Waals surface area contributed by atoms with Gasteiger partial charge in [0.25, 0.3) is 0 Å². The number of aryl methyl sites for hydroxylation is 2. The standard InChI is InChI=1S/C26H24N4O3S/c1-5-11-33-20-10-8-17(13-21(20)32-6-2)18-14-23(31)28-25-24(18)16(4)29-30(25)26-27-19-9-7-15(3)12-22(19)34-26/h1,7-10,12-13,18H,6,11,14H2,2-4H3,(H,28,31). The van der Waals surface area contributed by atoms with Crippen molar-refractivity contribution in [1.29, 1.82) is 0 Å². The van der Waals surface area contributed by atoms with E-state index in [0.717, 1.165) is 32.2 Å². The molecule has 1 unspecified atom stereocenters. The monoisotopic (exact) mass is 472 g/mol. The lowest BCUT2D eigenvalue weighted by atomic mass is 9.85. The summed E-state index contributed by atoms with van der Waals surface area (Å²) in [6.07, 6.45) is 5.65. The van der Waals surface area contributed by atoms with Gasteiger partial charge in [-0.15, -0.1) is 6.42 Å². The van der Waals surface area contributed by atoms with Gasteiger partial charge in [0.1, 0.15) is 12.4 Å². The number of carbonyl (C=O) groups excluding carboxylic acids is 1. The van der Waals surface area contributed by atoms with Crippen molar-refractivity contribution in [2.24, 2.45) is 0 Å². The molecule has 1 aliphatic rings. The van der Waals surface area contributed by atoms with Crippen LogP contribution in [0.4, 0.5) is 5.82 Å². The molecule has 0 bridgehead atoms. The molecule has 0 aliphatic carbocycles. The molecule has 34 heavy (non-hydrogen) atoms. The van der Waals surface area contributed by atoms with Crippen molar-refractivity contribution < 1.29 is 14.3 Å². The first-order chi connectivity index (χ1) is 16.5. The van der Waals surface area contributed by atoms with E-state index in [0.29, 0.717) is 30.3 Å². The molecule has 1 amide bonds. The molecule has 2 aromatic carbocycles. The lowest BCUT2D eigenvalue weighted by Gasteiger charge is -2.25. The predicted octanol–water partition coefficient (Wildman–Crippen LogP) is 4.98. The molecule has 3 heterocycles. The molecule has 172 valence electrons. The zero-order chi connectivity index (χ0) is 23.8. The maximum absolute atomic E-state index is 12.8. The van der Waals surface area contributed by atoms with E-state index in [1.165, 1.54) is 5.56 Å². The third-order valence-corrected chi connectivity index (χ3v) is 6.79. The van der Waals surface area contributed by atoms with Crippen LogP contribution < -0.4 is 14.8 Å². The van der Waals surface area contributed by atoms with E-state index in [-0.39, 0.29) is 18.4 Å². The minimum Gasteiger partial charge on any atom is -0.490 e. The van der Waals surface area contributed by atoms with Crippen molar-refractivity contribution in [3.8, 4) is 29.0 Å². The molecule has 8 heteroatoms. The number of carbonyl (C=O) groups is 1. The fourth-order valence-electron chi connectivity index (χ4n) is 4.33. The SMILES string of the molecule is C#CCOc1ccc(C2CC(=O)Nc3c2c(C)nn3-c2nc3ccc(C)cc3s2)cc1OCC. The van der Waals surface area contributed by atoms with Crippen LogP contribution in [0.2, 0.25) is 0 Å². The van der Waals surface area contributed by atoms with Crippen LogP contribution in [-0.2, 0) is 4.79 Å². The van der Waals surface area contributed by atoms with Crippen molar-refractivity contribution in [1.82, 2.24) is 14.8 Å². The Morgan fingerprint density at radius 1 is 1.21 bits per heavy atom. The molecule has 4 aromatic rings. The summed E-state index contributed by atoms with van der Waals surface area (Å²) in [7, 11) is 0. The lowest BCUT2D eigenvalue weighted by molar-refractivity contribution is -0.116. The van der Waals surface area contributed by atoms with Gasteiger partial charge in [-0.25, -0.2) is 4.98 Å². The summed E-state index contributed by atoms with van der Waals surface area (Å²) < 4.78 is 14.3. The number of ether oxygens (including phenoxy) is 2. The van der Waals surface area contributed by atoms with E-state index in [2.05, 4.69) is 24.2 Å². The van der Waals surface area contributed by atoms with Crippen LogP contribution in [-0.4, -0.2) is 33.9 Å². The summed E-state index contributed by atoms with van der Waals surface area (Å²) in [6.45, 7) is 6.58. The van der Waals surface area contributed by atoms with Crippen LogP contribution in [0.1, 0.15) is 41.6 Å². The van der Waals surface area contributed by atoms with Gasteiger partial charge >= 0.3 is 0 Å². The molecular weight excluding hydrogens is 448 g/mol. The first kappa shape index (κ1) is 22.0. The van der Waals surface area contributed by atoms with Crippen molar-refractivity contribution in [2.75, 3.05) is 18.5 Å². The normalized spacial score (nSPS) is 15.0. The van der Waals surface area contributed by atoms with E-state index < -0.39 is 0 Å². The Labute approximate surface area is 201 Å². The number of benzene rings is 2. The fourth-order valence-corrected chi connectivity index (χ4v) is 5.35. The number of rotatable bonds is 6. The minimum atomic E-state index is -0.171. The Balaban J connectivity index is 1.59. The summed E-state index contributed by atoms with van der Waals surface area (Å²) in [5, 5.41) is 8.53. The Morgan fingerprint density at radius 3 is 2.85 bits per heavy atom. The number of fused-ring (bicyclic) bond motifs is 2. The molecule has 0 spiro atoms. The second-order valence-corrected chi connectivity index (χ2v) is 9.17. The molecule has 0 saturated heterocycles. The van der Waals surface area contributed by atoms with E-state index in [1.807, 2.05) is 44.2 Å². The van der Waals surface area contributed by atoms with Gasteiger partial charge in [-0.3, -0.25) is 4.79 Å². The number of hydrogen-bond donors (Lipinski definition) is 1. The zero-order valence-corrected chi connectivity index (χ0v) is 20.0. The lowest BCUT2D eigenvalue weighted by Crippen LogP contribution is -2.25. The van der Waals surface area contributed by atoms with Crippen LogP contribution in [0.3, 0.4) is 0 Å². The molecule has 7 nitrogen and oxygen atoms in total. The summed E-state index contributed by atoms with van der Waals surface area (Å²) in [5.74, 6) is 4.09. The van der Waals surface area contributed by atoms with E-state index in [1.54, 1.807) is 16.0 Å². The maximum Gasteiger partial charge on any atom is 0.226 e. The summed E-state index contributed by atoms with van der Waals surface area (Å²) in [5.41, 5.74) is 4.87. The molecule has 1 N–H and O–H groups in total. The Bertz CT molecular complexity index is 1450. The van der Waals surface area contributed by atoms with Gasteiger partial charge in [0.05, 0.1) is 22.5 Å². The number of hydrogen-bond acceptors (Lipinski definition) is 6. The average Bonchev–Trinajstić information content (AvgIpc) is 3.38. The molecular formula is C26H24N4O3S. The van der Waals surface area contributed by atoms with Crippen molar-refractivity contribution in [2.45, 2.75) is 33.1 Å². The highest BCUT2D eigenvalue weighted by atomic mass is 32.1. The molecule has 0 radical (unpaired) electrons. The topological polar surface area (TPSA) is 78.3 Å². The van der Waals surface area contributed by atoms with Crippen LogP contribution in [0.15, 0.2) is 36.4 Å². The molecule has 1 atom stereocenters. The largest absolute Gasteiger partial charge is 0.490 e. The van der Waals surface area contributed by atoms with E-state index >= 15 is 0 Å². The van der Waals surface area contributed by atoms with Gasteiger partial charge in [0, 0.05) is 17.9 Å². The second-order valence-electron chi connectivity index (χ2n) is 8.16. The second kappa shape index (κ2) is 8.84. The molecule has 5 rings (SSSR count). The van der Waals surface area contributed by atoms with Gasteiger partial charge in [-0.2, -0.15) is 9.78 Å². The Kier molecular flexibility index (Phi) is 5.72. The molecule has 0 fully saturated rings. The van der Waals surface area contributed by atoms with Crippen LogP contribution in [0.25, 0.3) is 15.3 Å².